The molecule has 0 saturated carbocycles. The molecule has 1 aliphatic rings. The summed E-state index contributed by atoms with van der Waals surface area (Å²) in [7, 11) is 0. The Morgan fingerprint density at radius 3 is 2.59 bits per heavy atom. The lowest BCUT2D eigenvalue weighted by Gasteiger charge is -2.12. The lowest BCUT2D eigenvalue weighted by Crippen LogP contribution is -2.14. The number of carbonyl (C=O) groups excluding carboxylic acids is 1. The Labute approximate surface area is 138 Å². The Morgan fingerprint density at radius 1 is 1.18 bits per heavy atom. The number of ether oxygens (including phenoxy) is 1. The third-order valence-electron chi connectivity index (χ3n) is 3.70. The van der Waals surface area contributed by atoms with Crippen molar-refractivity contribution in [3.8, 4) is 5.75 Å². The molecule has 0 radical (unpaired) electrons. The molecule has 3 rings (SSSR count). The minimum atomic E-state index is -0.135. The number of rotatable bonds is 4. The molecule has 114 valence electrons. The van der Waals surface area contributed by atoms with Crippen molar-refractivity contribution in [3.05, 3.63) is 58.1 Å². The molecule has 0 spiro atoms. The van der Waals surface area contributed by atoms with Crippen LogP contribution < -0.4 is 10.1 Å². The van der Waals surface area contributed by atoms with Crippen LogP contribution in [0.25, 0.3) is 0 Å². The molecule has 0 aromatic heterocycles. The molecule has 2 aromatic carbocycles. The summed E-state index contributed by atoms with van der Waals surface area (Å²) in [5, 5.41) is 2.95. The van der Waals surface area contributed by atoms with E-state index in [9.17, 15) is 4.79 Å². The number of fused-ring (bicyclic) bond motifs is 1. The number of anilines is 1. The van der Waals surface area contributed by atoms with Crippen molar-refractivity contribution in [3.63, 3.8) is 0 Å². The third-order valence-corrected chi connectivity index (χ3v) is 4.19. The van der Waals surface area contributed by atoms with Gasteiger partial charge in [-0.05, 0) is 61.7 Å². The van der Waals surface area contributed by atoms with Gasteiger partial charge in [0.1, 0.15) is 5.75 Å². The van der Waals surface area contributed by atoms with Crippen molar-refractivity contribution in [2.24, 2.45) is 0 Å². The van der Waals surface area contributed by atoms with Crippen molar-refractivity contribution in [2.45, 2.75) is 32.3 Å². The molecule has 0 bridgehead atoms. The standard InChI is InChI=1S/C18H18BrNO2/c1-11(2)22-14-6-3-12(4-7-14)9-16-15-10-13(19)5-8-17(15)20-18(16)21/h3-8,10-11,16H,9H2,1-2H3,(H,20,21)/t16-/m1/s1. The number of carbonyl (C=O) groups is 1. The topological polar surface area (TPSA) is 38.3 Å². The first kappa shape index (κ1) is 15.1. The van der Waals surface area contributed by atoms with Gasteiger partial charge in [0.2, 0.25) is 5.91 Å². The van der Waals surface area contributed by atoms with Gasteiger partial charge >= 0.3 is 0 Å². The van der Waals surface area contributed by atoms with Crippen LogP contribution in [0.2, 0.25) is 0 Å². The SMILES string of the molecule is CC(C)Oc1ccc(C[C@H]2C(=O)Nc3ccc(Br)cc32)cc1. The maximum atomic E-state index is 12.2. The lowest BCUT2D eigenvalue weighted by molar-refractivity contribution is -0.117. The van der Waals surface area contributed by atoms with Crippen LogP contribution in [0.4, 0.5) is 5.69 Å². The average molecular weight is 360 g/mol. The van der Waals surface area contributed by atoms with E-state index in [2.05, 4.69) is 21.2 Å². The van der Waals surface area contributed by atoms with Crippen LogP contribution in [0, 0.1) is 0 Å². The fourth-order valence-corrected chi connectivity index (χ4v) is 3.09. The normalized spacial score (nSPS) is 16.5. The van der Waals surface area contributed by atoms with Crippen LogP contribution in [0.5, 0.6) is 5.75 Å². The molecule has 0 unspecified atom stereocenters. The highest BCUT2D eigenvalue weighted by Gasteiger charge is 2.30. The summed E-state index contributed by atoms with van der Waals surface area (Å²) in [6.07, 6.45) is 0.854. The zero-order chi connectivity index (χ0) is 15.7. The summed E-state index contributed by atoms with van der Waals surface area (Å²) >= 11 is 3.47. The number of hydrogen-bond acceptors (Lipinski definition) is 2. The summed E-state index contributed by atoms with van der Waals surface area (Å²) in [6.45, 7) is 4.01. The summed E-state index contributed by atoms with van der Waals surface area (Å²) in [6, 6.07) is 13.9. The highest BCUT2D eigenvalue weighted by Crippen LogP contribution is 2.36. The summed E-state index contributed by atoms with van der Waals surface area (Å²) < 4.78 is 6.64. The first-order valence-electron chi connectivity index (χ1n) is 7.39. The summed E-state index contributed by atoms with van der Waals surface area (Å²) in [4.78, 5) is 12.2. The number of halogens is 1. The van der Waals surface area contributed by atoms with Crippen molar-refractivity contribution < 1.29 is 9.53 Å². The minimum absolute atomic E-state index is 0.0654. The van der Waals surface area contributed by atoms with E-state index in [0.29, 0.717) is 6.42 Å². The first-order valence-corrected chi connectivity index (χ1v) is 8.18. The zero-order valence-electron chi connectivity index (χ0n) is 12.6. The molecule has 1 heterocycles. The highest BCUT2D eigenvalue weighted by atomic mass is 79.9. The molecule has 1 N–H and O–H groups in total. The van der Waals surface area contributed by atoms with Gasteiger partial charge in [-0.3, -0.25) is 4.79 Å². The van der Waals surface area contributed by atoms with Crippen molar-refractivity contribution in [1.29, 1.82) is 0 Å². The van der Waals surface area contributed by atoms with Crippen molar-refractivity contribution in [1.82, 2.24) is 0 Å². The highest BCUT2D eigenvalue weighted by molar-refractivity contribution is 9.10. The molecule has 0 saturated heterocycles. The Kier molecular flexibility index (Phi) is 4.21. The van der Waals surface area contributed by atoms with Gasteiger partial charge < -0.3 is 10.1 Å². The molecule has 1 atom stereocenters. The van der Waals surface area contributed by atoms with Crippen LogP contribution in [-0.2, 0) is 11.2 Å². The van der Waals surface area contributed by atoms with Crippen LogP contribution in [0.15, 0.2) is 46.9 Å². The Morgan fingerprint density at radius 2 is 1.91 bits per heavy atom. The van der Waals surface area contributed by atoms with Gasteiger partial charge in [-0.2, -0.15) is 0 Å². The maximum Gasteiger partial charge on any atom is 0.232 e. The molecule has 1 amide bonds. The van der Waals surface area contributed by atoms with Crippen LogP contribution in [0.1, 0.15) is 30.9 Å². The van der Waals surface area contributed by atoms with E-state index in [1.807, 2.05) is 56.3 Å². The third kappa shape index (κ3) is 3.17. The molecule has 22 heavy (non-hydrogen) atoms. The second-order valence-electron chi connectivity index (χ2n) is 5.79. The van der Waals surface area contributed by atoms with Gasteiger partial charge in [0, 0.05) is 10.2 Å². The number of nitrogens with one attached hydrogen (secondary N) is 1. The number of benzene rings is 2. The Bertz CT molecular complexity index is 695. The fraction of sp³-hybridized carbons (Fsp3) is 0.278. The molecule has 2 aromatic rings. The predicted octanol–water partition coefficient (Wildman–Crippen LogP) is 4.51. The first-order chi connectivity index (χ1) is 10.5. The number of amides is 1. The lowest BCUT2D eigenvalue weighted by atomic mass is 9.93. The molecule has 0 aliphatic carbocycles. The number of hydrogen-bond donors (Lipinski definition) is 1. The second kappa shape index (κ2) is 6.13. The molecular weight excluding hydrogens is 342 g/mol. The molecule has 3 nitrogen and oxygen atoms in total. The second-order valence-corrected chi connectivity index (χ2v) is 6.70. The predicted molar refractivity (Wildman–Crippen MR) is 91.4 cm³/mol. The smallest absolute Gasteiger partial charge is 0.232 e. The minimum Gasteiger partial charge on any atom is -0.491 e. The van der Waals surface area contributed by atoms with E-state index in [1.54, 1.807) is 0 Å². The molecule has 4 heteroatoms. The zero-order valence-corrected chi connectivity index (χ0v) is 14.2. The van der Waals surface area contributed by atoms with Gasteiger partial charge in [0.15, 0.2) is 0 Å². The van der Waals surface area contributed by atoms with Crippen molar-refractivity contribution in [2.75, 3.05) is 5.32 Å². The fourth-order valence-electron chi connectivity index (χ4n) is 2.71. The largest absolute Gasteiger partial charge is 0.491 e. The van der Waals surface area contributed by atoms with Gasteiger partial charge in [0.25, 0.3) is 0 Å². The van der Waals surface area contributed by atoms with Gasteiger partial charge in [-0.25, -0.2) is 0 Å². The maximum absolute atomic E-state index is 12.2. The van der Waals surface area contributed by atoms with E-state index in [1.165, 1.54) is 0 Å². The Hall–Kier alpha value is -1.81. The van der Waals surface area contributed by atoms with Gasteiger partial charge in [-0.1, -0.05) is 28.1 Å². The molecule has 1 aliphatic heterocycles. The van der Waals surface area contributed by atoms with Gasteiger partial charge in [-0.15, -0.1) is 0 Å². The monoisotopic (exact) mass is 359 g/mol. The summed E-state index contributed by atoms with van der Waals surface area (Å²) in [5.41, 5.74) is 3.10. The molecular formula is C18H18BrNO2. The Balaban J connectivity index is 1.79. The van der Waals surface area contributed by atoms with Gasteiger partial charge in [0.05, 0.1) is 12.0 Å². The van der Waals surface area contributed by atoms with E-state index in [0.717, 1.165) is 27.0 Å². The molecule has 0 fully saturated rings. The van der Waals surface area contributed by atoms with E-state index in [-0.39, 0.29) is 17.9 Å². The average Bonchev–Trinajstić information content (AvgIpc) is 2.76. The van der Waals surface area contributed by atoms with Crippen LogP contribution >= 0.6 is 15.9 Å². The van der Waals surface area contributed by atoms with E-state index in [4.69, 9.17) is 4.74 Å². The summed E-state index contributed by atoms with van der Waals surface area (Å²) in [5.74, 6) is 0.790. The van der Waals surface area contributed by atoms with Crippen LogP contribution in [-0.4, -0.2) is 12.0 Å². The van der Waals surface area contributed by atoms with Crippen LogP contribution in [0.3, 0.4) is 0 Å². The van der Waals surface area contributed by atoms with E-state index < -0.39 is 0 Å². The van der Waals surface area contributed by atoms with Crippen molar-refractivity contribution >= 4 is 27.5 Å². The van der Waals surface area contributed by atoms with E-state index >= 15 is 0 Å². The quantitative estimate of drug-likeness (QED) is 0.871.